The van der Waals surface area contributed by atoms with E-state index in [9.17, 15) is 8.42 Å². The molecule has 0 radical (unpaired) electrons. The first-order valence-electron chi connectivity index (χ1n) is 6.26. The Labute approximate surface area is 142 Å². The van der Waals surface area contributed by atoms with Crippen LogP contribution in [-0.2, 0) is 23.1 Å². The van der Waals surface area contributed by atoms with E-state index in [2.05, 4.69) is 32.6 Å². The maximum absolute atomic E-state index is 12.4. The first kappa shape index (κ1) is 15.1. The van der Waals surface area contributed by atoms with E-state index in [0.29, 0.717) is 17.3 Å². The molecule has 1 heterocycles. The van der Waals surface area contributed by atoms with Gasteiger partial charge in [0.05, 0.1) is 15.6 Å². The summed E-state index contributed by atoms with van der Waals surface area (Å²) in [6.45, 7) is 1.48. The Morgan fingerprint density at radius 1 is 1.10 bits per heavy atom. The van der Waals surface area contributed by atoms with Crippen molar-refractivity contribution in [2.45, 2.75) is 18.0 Å². The van der Waals surface area contributed by atoms with Crippen molar-refractivity contribution in [2.24, 2.45) is 0 Å². The van der Waals surface area contributed by atoms with Gasteiger partial charge in [-0.25, -0.2) is 8.42 Å². The molecule has 2 aromatic rings. The predicted octanol–water partition coefficient (Wildman–Crippen LogP) is 3.35. The Kier molecular flexibility index (Phi) is 4.13. The molecule has 4 nitrogen and oxygen atoms in total. The average molecular weight is 435 g/mol. The molecule has 21 heavy (non-hydrogen) atoms. The Balaban J connectivity index is 1.93. The van der Waals surface area contributed by atoms with Crippen molar-refractivity contribution in [3.8, 4) is 0 Å². The highest BCUT2D eigenvalue weighted by molar-refractivity contribution is 14.1. The second-order valence-electron chi connectivity index (χ2n) is 4.76. The minimum absolute atomic E-state index is 0.250. The van der Waals surface area contributed by atoms with Crippen LogP contribution < -0.4 is 10.0 Å². The van der Waals surface area contributed by atoms with Gasteiger partial charge in [0.1, 0.15) is 0 Å². The van der Waals surface area contributed by atoms with Gasteiger partial charge in [0.15, 0.2) is 0 Å². The van der Waals surface area contributed by atoms with Crippen LogP contribution >= 0.6 is 34.2 Å². The maximum atomic E-state index is 12.4. The largest absolute Gasteiger partial charge is 0.309 e. The minimum Gasteiger partial charge on any atom is -0.309 e. The lowest BCUT2D eigenvalue weighted by atomic mass is 10.1. The van der Waals surface area contributed by atoms with Crippen LogP contribution in [0.4, 0.5) is 5.69 Å². The van der Waals surface area contributed by atoms with Gasteiger partial charge in [0, 0.05) is 16.7 Å². The lowest BCUT2D eigenvalue weighted by molar-refractivity contribution is 0.601. The summed E-state index contributed by atoms with van der Waals surface area (Å²) >= 11 is 8.20. The summed E-state index contributed by atoms with van der Waals surface area (Å²) in [4.78, 5) is 0.250. The predicted molar refractivity (Wildman–Crippen MR) is 92.0 cm³/mol. The van der Waals surface area contributed by atoms with E-state index in [0.717, 1.165) is 21.2 Å². The third-order valence-corrected chi connectivity index (χ3v) is 5.64. The summed E-state index contributed by atoms with van der Waals surface area (Å²) in [5.74, 6) is 0. The highest BCUT2D eigenvalue weighted by atomic mass is 127. The molecular formula is C14H12ClIN2O2S. The summed E-state index contributed by atoms with van der Waals surface area (Å²) in [7, 11) is -3.63. The molecule has 0 aromatic heterocycles. The molecule has 1 aliphatic rings. The molecule has 0 fully saturated rings. The highest BCUT2D eigenvalue weighted by Gasteiger charge is 2.19. The second-order valence-corrected chi connectivity index (χ2v) is 8.10. The van der Waals surface area contributed by atoms with Gasteiger partial charge in [-0.05, 0) is 64.0 Å². The van der Waals surface area contributed by atoms with E-state index in [-0.39, 0.29) is 4.90 Å². The number of sulfonamides is 1. The summed E-state index contributed by atoms with van der Waals surface area (Å²) < 4.78 is 28.4. The van der Waals surface area contributed by atoms with Crippen molar-refractivity contribution in [1.29, 1.82) is 0 Å². The number of nitrogens with one attached hydrogen (secondary N) is 2. The molecule has 0 atom stereocenters. The topological polar surface area (TPSA) is 58.2 Å². The Morgan fingerprint density at radius 2 is 1.86 bits per heavy atom. The first-order valence-corrected chi connectivity index (χ1v) is 9.20. The molecule has 0 aliphatic carbocycles. The van der Waals surface area contributed by atoms with E-state index < -0.39 is 10.0 Å². The molecule has 0 amide bonds. The van der Waals surface area contributed by atoms with Gasteiger partial charge in [-0.2, -0.15) is 0 Å². The summed E-state index contributed by atoms with van der Waals surface area (Å²) in [5.41, 5.74) is 2.54. The quantitative estimate of drug-likeness (QED) is 0.729. The van der Waals surface area contributed by atoms with E-state index in [4.69, 9.17) is 11.6 Å². The van der Waals surface area contributed by atoms with Crippen LogP contribution in [-0.4, -0.2) is 8.42 Å². The molecule has 0 saturated heterocycles. The fourth-order valence-electron chi connectivity index (χ4n) is 2.21. The van der Waals surface area contributed by atoms with Gasteiger partial charge in [-0.15, -0.1) is 0 Å². The van der Waals surface area contributed by atoms with Crippen molar-refractivity contribution in [3.05, 3.63) is 56.1 Å². The van der Waals surface area contributed by atoms with E-state index in [1.165, 1.54) is 0 Å². The number of fused-ring (bicyclic) bond motifs is 1. The molecule has 2 N–H and O–H groups in total. The molecular weight excluding hydrogens is 423 g/mol. The fourth-order valence-corrected chi connectivity index (χ4v) is 4.30. The molecule has 3 rings (SSSR count). The van der Waals surface area contributed by atoms with Crippen LogP contribution in [0.15, 0.2) is 41.3 Å². The van der Waals surface area contributed by atoms with Crippen LogP contribution in [0.2, 0.25) is 5.02 Å². The Hall–Kier alpha value is -0.830. The molecule has 0 unspecified atom stereocenters. The number of hydrogen-bond acceptors (Lipinski definition) is 3. The van der Waals surface area contributed by atoms with Gasteiger partial charge < -0.3 is 5.32 Å². The van der Waals surface area contributed by atoms with Crippen LogP contribution in [0.3, 0.4) is 0 Å². The standard InChI is InChI=1S/C14H12ClIN2O2S/c15-13-6-11(16)2-4-14(13)18-21(19,20)12-3-1-9-7-17-8-10(9)5-12/h1-6,17-18H,7-8H2. The Bertz CT molecular complexity index is 809. The number of benzene rings is 2. The first-order chi connectivity index (χ1) is 9.95. The number of anilines is 1. The number of hydrogen-bond donors (Lipinski definition) is 2. The monoisotopic (exact) mass is 434 g/mol. The van der Waals surface area contributed by atoms with Crippen molar-refractivity contribution >= 4 is 49.9 Å². The van der Waals surface area contributed by atoms with Gasteiger partial charge in [0.2, 0.25) is 0 Å². The van der Waals surface area contributed by atoms with Crippen LogP contribution in [0.5, 0.6) is 0 Å². The zero-order valence-corrected chi connectivity index (χ0v) is 14.6. The van der Waals surface area contributed by atoms with Gasteiger partial charge >= 0.3 is 0 Å². The van der Waals surface area contributed by atoms with Crippen molar-refractivity contribution in [3.63, 3.8) is 0 Å². The summed E-state index contributed by atoms with van der Waals surface area (Å²) in [6, 6.07) is 10.4. The van der Waals surface area contributed by atoms with Crippen LogP contribution in [0.25, 0.3) is 0 Å². The molecule has 0 saturated carbocycles. The van der Waals surface area contributed by atoms with Crippen molar-refractivity contribution < 1.29 is 8.42 Å². The number of halogens is 2. The molecule has 110 valence electrons. The third-order valence-electron chi connectivity index (χ3n) is 3.29. The van der Waals surface area contributed by atoms with Crippen LogP contribution in [0.1, 0.15) is 11.1 Å². The average Bonchev–Trinajstić information content (AvgIpc) is 2.89. The van der Waals surface area contributed by atoms with Gasteiger partial charge in [-0.3, -0.25) is 4.72 Å². The zero-order valence-electron chi connectivity index (χ0n) is 10.9. The molecule has 1 aliphatic heterocycles. The lowest BCUT2D eigenvalue weighted by Crippen LogP contribution is -2.13. The van der Waals surface area contributed by atoms with Gasteiger partial charge in [-0.1, -0.05) is 17.7 Å². The number of rotatable bonds is 3. The third kappa shape index (κ3) is 3.18. The van der Waals surface area contributed by atoms with Gasteiger partial charge in [0.25, 0.3) is 10.0 Å². The zero-order chi connectivity index (χ0) is 15.0. The van der Waals surface area contributed by atoms with E-state index >= 15 is 0 Å². The normalized spacial score (nSPS) is 14.0. The summed E-state index contributed by atoms with van der Waals surface area (Å²) in [5, 5.41) is 3.58. The van der Waals surface area contributed by atoms with E-state index in [1.807, 2.05) is 6.07 Å². The molecule has 7 heteroatoms. The SMILES string of the molecule is O=S(=O)(Nc1ccc(I)cc1Cl)c1ccc2c(c1)CNC2. The van der Waals surface area contributed by atoms with Crippen LogP contribution in [0, 0.1) is 3.57 Å². The van der Waals surface area contributed by atoms with Crippen molar-refractivity contribution in [2.75, 3.05) is 4.72 Å². The lowest BCUT2D eigenvalue weighted by Gasteiger charge is -2.11. The molecule has 0 spiro atoms. The second kappa shape index (κ2) is 5.75. The highest BCUT2D eigenvalue weighted by Crippen LogP contribution is 2.27. The minimum atomic E-state index is -3.63. The van der Waals surface area contributed by atoms with E-state index in [1.54, 1.807) is 30.3 Å². The smallest absolute Gasteiger partial charge is 0.261 e. The summed E-state index contributed by atoms with van der Waals surface area (Å²) in [6.07, 6.45) is 0. The molecule has 2 aromatic carbocycles. The van der Waals surface area contributed by atoms with Crippen molar-refractivity contribution in [1.82, 2.24) is 5.32 Å². The molecule has 0 bridgehead atoms. The maximum Gasteiger partial charge on any atom is 0.261 e. The fraction of sp³-hybridized carbons (Fsp3) is 0.143. The Morgan fingerprint density at radius 3 is 2.62 bits per heavy atom.